The van der Waals surface area contributed by atoms with Crippen molar-refractivity contribution in [1.29, 1.82) is 0 Å². The summed E-state index contributed by atoms with van der Waals surface area (Å²) in [5.74, 6) is 1.37. The SMILES string of the molecule is CCCCCCCC(=O)N1CCC2(CC1)SCCN2C(=O)/C=C/c1ccccc1. The third kappa shape index (κ3) is 5.88. The molecule has 2 fully saturated rings. The highest BCUT2D eigenvalue weighted by Crippen LogP contribution is 2.44. The van der Waals surface area contributed by atoms with Gasteiger partial charge in [-0.1, -0.05) is 62.9 Å². The first-order valence-electron chi connectivity index (χ1n) is 11.1. The fourth-order valence-electron chi connectivity index (χ4n) is 4.30. The molecule has 3 rings (SSSR count). The van der Waals surface area contributed by atoms with Crippen LogP contribution in [-0.2, 0) is 9.59 Å². The molecule has 1 spiro atoms. The van der Waals surface area contributed by atoms with Crippen molar-refractivity contribution in [2.45, 2.75) is 63.2 Å². The third-order valence-electron chi connectivity index (χ3n) is 6.05. The van der Waals surface area contributed by atoms with Gasteiger partial charge in [-0.25, -0.2) is 0 Å². The summed E-state index contributed by atoms with van der Waals surface area (Å²) < 4.78 is 0. The highest BCUT2D eigenvalue weighted by Gasteiger charge is 2.46. The van der Waals surface area contributed by atoms with E-state index in [1.165, 1.54) is 19.3 Å². The molecule has 158 valence electrons. The summed E-state index contributed by atoms with van der Waals surface area (Å²) in [4.78, 5) is 29.4. The second-order valence-electron chi connectivity index (χ2n) is 8.07. The maximum atomic E-state index is 12.9. The standard InChI is InChI=1S/C24H34N2O2S/c1-2-3-4-5-9-12-22(27)25-17-15-24(16-18-25)26(19-20-29-24)23(28)14-13-21-10-7-6-8-11-21/h6-8,10-11,13-14H,2-5,9,12,15-20H2,1H3/b14-13+. The molecule has 29 heavy (non-hydrogen) atoms. The first-order valence-corrected chi connectivity index (χ1v) is 12.1. The first-order chi connectivity index (χ1) is 14.1. The minimum atomic E-state index is -0.129. The lowest BCUT2D eigenvalue weighted by atomic mass is 10.0. The molecule has 0 aliphatic carbocycles. The molecule has 1 aromatic rings. The molecule has 0 aromatic heterocycles. The van der Waals surface area contributed by atoms with Crippen LogP contribution in [0.5, 0.6) is 0 Å². The Hall–Kier alpha value is -1.75. The number of unbranched alkanes of at least 4 members (excludes halogenated alkanes) is 4. The molecule has 2 aliphatic rings. The van der Waals surface area contributed by atoms with Crippen LogP contribution >= 0.6 is 11.8 Å². The van der Waals surface area contributed by atoms with Crippen molar-refractivity contribution >= 4 is 29.7 Å². The van der Waals surface area contributed by atoms with E-state index in [4.69, 9.17) is 0 Å². The van der Waals surface area contributed by atoms with Crippen LogP contribution in [0.4, 0.5) is 0 Å². The van der Waals surface area contributed by atoms with Crippen LogP contribution in [0.2, 0.25) is 0 Å². The van der Waals surface area contributed by atoms with E-state index in [0.717, 1.165) is 56.6 Å². The number of benzene rings is 1. The Morgan fingerprint density at radius 2 is 1.76 bits per heavy atom. The molecule has 2 amide bonds. The molecule has 0 radical (unpaired) electrons. The van der Waals surface area contributed by atoms with Gasteiger partial charge < -0.3 is 9.80 Å². The maximum absolute atomic E-state index is 12.9. The molecule has 2 heterocycles. The molecule has 0 bridgehead atoms. The normalized spacial score (nSPS) is 18.7. The number of nitrogens with zero attached hydrogens (tertiary/aromatic N) is 2. The summed E-state index contributed by atoms with van der Waals surface area (Å²) >= 11 is 1.90. The fourth-order valence-corrected chi connectivity index (χ4v) is 5.76. The van der Waals surface area contributed by atoms with E-state index in [1.807, 2.05) is 58.0 Å². The minimum absolute atomic E-state index is 0.0922. The zero-order chi connectivity index (χ0) is 20.5. The van der Waals surface area contributed by atoms with Gasteiger partial charge >= 0.3 is 0 Å². The number of hydrogen-bond donors (Lipinski definition) is 0. The number of piperidine rings is 1. The smallest absolute Gasteiger partial charge is 0.247 e. The Kier molecular flexibility index (Phi) is 8.22. The van der Waals surface area contributed by atoms with E-state index in [2.05, 4.69) is 6.92 Å². The van der Waals surface area contributed by atoms with Crippen LogP contribution in [0.3, 0.4) is 0 Å². The predicted octanol–water partition coefficient (Wildman–Crippen LogP) is 4.95. The second-order valence-corrected chi connectivity index (χ2v) is 9.53. The Morgan fingerprint density at radius 1 is 1.03 bits per heavy atom. The van der Waals surface area contributed by atoms with Crippen LogP contribution in [0, 0.1) is 0 Å². The largest absolute Gasteiger partial charge is 0.342 e. The van der Waals surface area contributed by atoms with Gasteiger partial charge in [-0.15, -0.1) is 11.8 Å². The Morgan fingerprint density at radius 3 is 2.48 bits per heavy atom. The first kappa shape index (κ1) is 21.9. The van der Waals surface area contributed by atoms with Crippen LogP contribution in [-0.4, -0.2) is 51.9 Å². The number of amides is 2. The van der Waals surface area contributed by atoms with Gasteiger partial charge in [-0.2, -0.15) is 0 Å². The molecule has 0 atom stereocenters. The zero-order valence-electron chi connectivity index (χ0n) is 17.6. The van der Waals surface area contributed by atoms with Gasteiger partial charge in [0.05, 0.1) is 4.87 Å². The average Bonchev–Trinajstić information content (AvgIpc) is 3.16. The summed E-state index contributed by atoms with van der Waals surface area (Å²) in [6, 6.07) is 9.95. The summed E-state index contributed by atoms with van der Waals surface area (Å²) in [6.07, 6.45) is 11.9. The van der Waals surface area contributed by atoms with Gasteiger partial charge in [0.25, 0.3) is 0 Å². The van der Waals surface area contributed by atoms with Crippen LogP contribution in [0.25, 0.3) is 6.08 Å². The minimum Gasteiger partial charge on any atom is -0.342 e. The fraction of sp³-hybridized carbons (Fsp3) is 0.583. The zero-order valence-corrected chi connectivity index (χ0v) is 18.5. The van der Waals surface area contributed by atoms with Gasteiger partial charge in [-0.05, 0) is 30.9 Å². The number of rotatable bonds is 8. The van der Waals surface area contributed by atoms with Crippen molar-refractivity contribution in [2.24, 2.45) is 0 Å². The lowest BCUT2D eigenvalue weighted by Crippen LogP contribution is -2.53. The quantitative estimate of drug-likeness (QED) is 0.446. The lowest BCUT2D eigenvalue weighted by Gasteiger charge is -2.43. The molecule has 5 heteroatoms. The van der Waals surface area contributed by atoms with Crippen LogP contribution in [0.1, 0.15) is 63.9 Å². The maximum Gasteiger partial charge on any atom is 0.247 e. The third-order valence-corrected chi connectivity index (χ3v) is 7.61. The predicted molar refractivity (Wildman–Crippen MR) is 122 cm³/mol. The number of likely N-dealkylation sites (tertiary alicyclic amines) is 1. The summed E-state index contributed by atoms with van der Waals surface area (Å²) in [6.45, 7) is 4.55. The second kappa shape index (κ2) is 10.9. The molecular weight excluding hydrogens is 380 g/mol. The molecular formula is C24H34N2O2S. The summed E-state index contributed by atoms with van der Waals surface area (Å²) in [5, 5.41) is 0. The van der Waals surface area contributed by atoms with Crippen molar-refractivity contribution in [3.63, 3.8) is 0 Å². The van der Waals surface area contributed by atoms with E-state index in [-0.39, 0.29) is 10.8 Å². The van der Waals surface area contributed by atoms with Crippen molar-refractivity contribution in [1.82, 2.24) is 9.80 Å². The van der Waals surface area contributed by atoms with Gasteiger partial charge in [0.15, 0.2) is 0 Å². The Balaban J connectivity index is 1.50. The Labute approximate surface area is 179 Å². The number of thioether (sulfide) groups is 1. The van der Waals surface area contributed by atoms with E-state index >= 15 is 0 Å². The molecule has 0 saturated carbocycles. The van der Waals surface area contributed by atoms with Crippen LogP contribution < -0.4 is 0 Å². The topological polar surface area (TPSA) is 40.6 Å². The van der Waals surface area contributed by atoms with Crippen molar-refractivity contribution in [2.75, 3.05) is 25.4 Å². The molecule has 2 saturated heterocycles. The average molecular weight is 415 g/mol. The molecule has 2 aliphatic heterocycles. The molecule has 0 unspecified atom stereocenters. The molecule has 4 nitrogen and oxygen atoms in total. The van der Waals surface area contributed by atoms with Gasteiger partial charge in [0.2, 0.25) is 11.8 Å². The van der Waals surface area contributed by atoms with E-state index < -0.39 is 0 Å². The van der Waals surface area contributed by atoms with Gasteiger partial charge in [0, 0.05) is 37.9 Å². The molecule has 1 aromatic carbocycles. The lowest BCUT2D eigenvalue weighted by molar-refractivity contribution is -0.134. The monoisotopic (exact) mass is 414 g/mol. The van der Waals surface area contributed by atoms with Crippen molar-refractivity contribution in [3.05, 3.63) is 42.0 Å². The van der Waals surface area contributed by atoms with E-state index in [1.54, 1.807) is 6.08 Å². The highest BCUT2D eigenvalue weighted by molar-refractivity contribution is 8.00. The Bertz CT molecular complexity index is 696. The summed E-state index contributed by atoms with van der Waals surface area (Å²) in [5.41, 5.74) is 1.04. The van der Waals surface area contributed by atoms with Crippen LogP contribution in [0.15, 0.2) is 36.4 Å². The van der Waals surface area contributed by atoms with Crippen molar-refractivity contribution in [3.8, 4) is 0 Å². The molecule has 0 N–H and O–H groups in total. The van der Waals surface area contributed by atoms with Crippen molar-refractivity contribution < 1.29 is 9.59 Å². The van der Waals surface area contributed by atoms with Gasteiger partial charge in [0.1, 0.15) is 0 Å². The summed E-state index contributed by atoms with van der Waals surface area (Å²) in [7, 11) is 0. The highest BCUT2D eigenvalue weighted by atomic mass is 32.2. The number of carbonyl (C=O) groups is 2. The van der Waals surface area contributed by atoms with Gasteiger partial charge in [-0.3, -0.25) is 9.59 Å². The number of carbonyl (C=O) groups excluding carboxylic acids is 2. The number of hydrogen-bond acceptors (Lipinski definition) is 3. The van der Waals surface area contributed by atoms with E-state index in [0.29, 0.717) is 12.3 Å². The van der Waals surface area contributed by atoms with E-state index in [9.17, 15) is 9.59 Å².